The van der Waals surface area contributed by atoms with Crippen molar-refractivity contribution in [3.05, 3.63) is 24.3 Å². The van der Waals surface area contributed by atoms with Crippen LogP contribution in [0.1, 0.15) is 0 Å². The number of carbonyl (C=O) groups excluding carboxylic acids is 1. The third-order valence-electron chi connectivity index (χ3n) is 1.96. The number of hydrogen-bond donors (Lipinski definition) is 3. The van der Waals surface area contributed by atoms with Crippen LogP contribution in [0.15, 0.2) is 24.3 Å². The summed E-state index contributed by atoms with van der Waals surface area (Å²) in [4.78, 5) is 12.6. The van der Waals surface area contributed by atoms with Gasteiger partial charge in [0.1, 0.15) is 6.61 Å². The van der Waals surface area contributed by atoms with Crippen molar-refractivity contribution >= 4 is 17.3 Å². The molecule has 4 N–H and O–H groups in total. The van der Waals surface area contributed by atoms with E-state index in [0.717, 1.165) is 0 Å². The van der Waals surface area contributed by atoms with Crippen LogP contribution in [-0.2, 0) is 4.79 Å². The van der Waals surface area contributed by atoms with Crippen LogP contribution >= 0.6 is 0 Å². The monoisotopic (exact) mass is 210 g/mol. The van der Waals surface area contributed by atoms with Gasteiger partial charge in [0, 0.05) is 17.9 Å². The SMILES string of the molecule is Nc1ccc(N(CCO)C(=O)CO)cc1. The minimum Gasteiger partial charge on any atom is -0.399 e. The molecule has 0 aliphatic heterocycles. The average molecular weight is 210 g/mol. The molecule has 0 aliphatic carbocycles. The maximum Gasteiger partial charge on any atom is 0.252 e. The van der Waals surface area contributed by atoms with E-state index in [1.165, 1.54) is 4.90 Å². The standard InChI is InChI=1S/C10H14N2O3/c11-8-1-3-9(4-2-8)12(5-6-13)10(15)7-14/h1-4,13-14H,5-7,11H2. The van der Waals surface area contributed by atoms with Crippen LogP contribution in [0, 0.1) is 0 Å². The van der Waals surface area contributed by atoms with E-state index in [2.05, 4.69) is 0 Å². The average Bonchev–Trinajstić information content (AvgIpc) is 2.26. The Hall–Kier alpha value is -1.59. The van der Waals surface area contributed by atoms with Crippen LogP contribution in [0.2, 0.25) is 0 Å². The van der Waals surface area contributed by atoms with E-state index in [9.17, 15) is 4.79 Å². The van der Waals surface area contributed by atoms with E-state index in [1.54, 1.807) is 24.3 Å². The van der Waals surface area contributed by atoms with Gasteiger partial charge in [0.05, 0.1) is 6.61 Å². The summed E-state index contributed by atoms with van der Waals surface area (Å²) >= 11 is 0. The minimum absolute atomic E-state index is 0.156. The fourth-order valence-corrected chi connectivity index (χ4v) is 1.24. The third-order valence-corrected chi connectivity index (χ3v) is 1.96. The number of rotatable bonds is 4. The van der Waals surface area contributed by atoms with Gasteiger partial charge in [-0.25, -0.2) is 0 Å². The highest BCUT2D eigenvalue weighted by Crippen LogP contribution is 2.16. The second kappa shape index (κ2) is 5.33. The zero-order chi connectivity index (χ0) is 11.3. The molecule has 0 fully saturated rings. The van der Waals surface area contributed by atoms with Gasteiger partial charge in [-0.3, -0.25) is 4.79 Å². The number of hydrogen-bond acceptors (Lipinski definition) is 4. The summed E-state index contributed by atoms with van der Waals surface area (Å²) < 4.78 is 0. The minimum atomic E-state index is -0.579. The lowest BCUT2D eigenvalue weighted by atomic mass is 10.2. The smallest absolute Gasteiger partial charge is 0.252 e. The van der Waals surface area contributed by atoms with Crippen LogP contribution in [0.25, 0.3) is 0 Å². The molecule has 5 nitrogen and oxygen atoms in total. The number of nitrogen functional groups attached to an aromatic ring is 1. The summed E-state index contributed by atoms with van der Waals surface area (Å²) in [5, 5.41) is 17.5. The predicted octanol–water partition coefficient (Wildman–Crippen LogP) is -0.414. The Balaban J connectivity index is 2.88. The van der Waals surface area contributed by atoms with Crippen LogP contribution in [0.4, 0.5) is 11.4 Å². The third kappa shape index (κ3) is 2.93. The Bertz CT molecular complexity index is 324. The predicted molar refractivity (Wildman–Crippen MR) is 57.4 cm³/mol. The number of benzene rings is 1. The molecular weight excluding hydrogens is 196 g/mol. The van der Waals surface area contributed by atoms with Crippen molar-refractivity contribution in [3.8, 4) is 0 Å². The van der Waals surface area contributed by atoms with Gasteiger partial charge in [-0.05, 0) is 24.3 Å². The zero-order valence-corrected chi connectivity index (χ0v) is 8.26. The number of aliphatic hydroxyl groups excluding tert-OH is 2. The Morgan fingerprint density at radius 3 is 2.33 bits per heavy atom. The number of aliphatic hydroxyl groups is 2. The van der Waals surface area contributed by atoms with E-state index in [4.69, 9.17) is 15.9 Å². The highest BCUT2D eigenvalue weighted by atomic mass is 16.3. The van der Waals surface area contributed by atoms with E-state index in [-0.39, 0.29) is 13.2 Å². The maximum atomic E-state index is 11.3. The summed E-state index contributed by atoms with van der Waals surface area (Å²) in [7, 11) is 0. The van der Waals surface area contributed by atoms with Crippen molar-refractivity contribution in [2.24, 2.45) is 0 Å². The lowest BCUT2D eigenvalue weighted by Gasteiger charge is -2.20. The molecule has 0 atom stereocenters. The lowest BCUT2D eigenvalue weighted by Crippen LogP contribution is -2.35. The fourth-order valence-electron chi connectivity index (χ4n) is 1.24. The van der Waals surface area contributed by atoms with E-state index in [1.807, 2.05) is 0 Å². The molecule has 1 aromatic rings. The van der Waals surface area contributed by atoms with Crippen molar-refractivity contribution in [2.45, 2.75) is 0 Å². The molecule has 1 amide bonds. The van der Waals surface area contributed by atoms with Crippen molar-refractivity contribution < 1.29 is 15.0 Å². The Kier molecular flexibility index (Phi) is 4.08. The van der Waals surface area contributed by atoms with Crippen molar-refractivity contribution in [1.29, 1.82) is 0 Å². The molecule has 0 saturated carbocycles. The molecule has 1 aromatic carbocycles. The van der Waals surface area contributed by atoms with Gasteiger partial charge in [-0.15, -0.1) is 0 Å². The van der Waals surface area contributed by atoms with Gasteiger partial charge in [0.25, 0.3) is 5.91 Å². The first-order valence-corrected chi connectivity index (χ1v) is 4.56. The highest BCUT2D eigenvalue weighted by Gasteiger charge is 2.13. The van der Waals surface area contributed by atoms with E-state index in [0.29, 0.717) is 11.4 Å². The molecule has 15 heavy (non-hydrogen) atoms. The first kappa shape index (κ1) is 11.5. The molecule has 1 rings (SSSR count). The summed E-state index contributed by atoms with van der Waals surface area (Å²) in [5.41, 5.74) is 6.71. The van der Waals surface area contributed by atoms with Crippen LogP contribution in [0.3, 0.4) is 0 Å². The molecule has 0 unspecified atom stereocenters. The molecule has 0 saturated heterocycles. The summed E-state index contributed by atoms with van der Waals surface area (Å²) in [5.74, 6) is -0.450. The summed E-state index contributed by atoms with van der Waals surface area (Å²) in [6.45, 7) is -0.580. The number of anilines is 2. The fraction of sp³-hybridized carbons (Fsp3) is 0.300. The topological polar surface area (TPSA) is 86.8 Å². The number of carbonyl (C=O) groups is 1. The van der Waals surface area contributed by atoms with Crippen LogP contribution in [-0.4, -0.2) is 35.9 Å². The first-order chi connectivity index (χ1) is 7.19. The van der Waals surface area contributed by atoms with Crippen molar-refractivity contribution in [2.75, 3.05) is 30.4 Å². The van der Waals surface area contributed by atoms with Crippen LogP contribution in [0.5, 0.6) is 0 Å². The Morgan fingerprint density at radius 2 is 1.87 bits per heavy atom. The molecule has 5 heteroatoms. The first-order valence-electron chi connectivity index (χ1n) is 4.56. The van der Waals surface area contributed by atoms with Crippen molar-refractivity contribution in [3.63, 3.8) is 0 Å². The normalized spacial score (nSPS) is 10.0. The molecule has 82 valence electrons. The summed E-state index contributed by atoms with van der Waals surface area (Å²) in [6, 6.07) is 6.64. The van der Waals surface area contributed by atoms with E-state index < -0.39 is 12.5 Å². The van der Waals surface area contributed by atoms with Gasteiger partial charge >= 0.3 is 0 Å². The molecule has 0 spiro atoms. The van der Waals surface area contributed by atoms with Gasteiger partial charge in [-0.1, -0.05) is 0 Å². The Morgan fingerprint density at radius 1 is 1.27 bits per heavy atom. The van der Waals surface area contributed by atoms with Gasteiger partial charge in [0.2, 0.25) is 0 Å². The van der Waals surface area contributed by atoms with Gasteiger partial charge in [0.15, 0.2) is 0 Å². The van der Waals surface area contributed by atoms with E-state index >= 15 is 0 Å². The second-order valence-electron chi connectivity index (χ2n) is 3.02. The highest BCUT2D eigenvalue weighted by molar-refractivity contribution is 5.94. The van der Waals surface area contributed by atoms with Gasteiger partial charge in [-0.2, -0.15) is 0 Å². The molecule has 0 radical (unpaired) electrons. The second-order valence-corrected chi connectivity index (χ2v) is 3.02. The van der Waals surface area contributed by atoms with Gasteiger partial charge < -0.3 is 20.8 Å². The number of nitrogens with two attached hydrogens (primary N) is 1. The zero-order valence-electron chi connectivity index (χ0n) is 8.26. The molecule has 0 aliphatic rings. The largest absolute Gasteiger partial charge is 0.399 e. The van der Waals surface area contributed by atoms with Crippen molar-refractivity contribution in [1.82, 2.24) is 0 Å². The quantitative estimate of drug-likeness (QED) is 0.589. The summed E-state index contributed by atoms with van der Waals surface area (Å²) in [6.07, 6.45) is 0. The number of amides is 1. The molecule has 0 aromatic heterocycles. The molecule has 0 bridgehead atoms. The van der Waals surface area contributed by atoms with Crippen LogP contribution < -0.4 is 10.6 Å². The molecule has 0 heterocycles. The lowest BCUT2D eigenvalue weighted by molar-refractivity contribution is -0.121. The number of nitrogens with zero attached hydrogens (tertiary/aromatic N) is 1. The maximum absolute atomic E-state index is 11.3. The Labute approximate surface area is 87.7 Å². The molecular formula is C10H14N2O3.